The van der Waals surface area contributed by atoms with E-state index < -0.39 is 5.97 Å². The van der Waals surface area contributed by atoms with Crippen molar-refractivity contribution in [1.29, 1.82) is 0 Å². The molecule has 4 nitrogen and oxygen atoms in total. The van der Waals surface area contributed by atoms with Gasteiger partial charge in [-0.1, -0.05) is 11.6 Å². The van der Waals surface area contributed by atoms with Crippen molar-refractivity contribution < 1.29 is 9.90 Å². The Morgan fingerprint density at radius 2 is 2.46 bits per heavy atom. The third-order valence-corrected chi connectivity index (χ3v) is 3.19. The normalized spacial score (nSPS) is 15.5. The molecule has 0 unspecified atom stereocenters. The van der Waals surface area contributed by atoms with E-state index in [1.165, 1.54) is 0 Å². The Morgan fingerprint density at radius 3 is 3.08 bits per heavy atom. The molecule has 0 bridgehead atoms. The highest BCUT2D eigenvalue weighted by Gasteiger charge is 2.22. The zero-order valence-electron chi connectivity index (χ0n) is 6.66. The fourth-order valence-corrected chi connectivity index (χ4v) is 2.43. The highest BCUT2D eigenvalue weighted by atomic mass is 35.5. The summed E-state index contributed by atoms with van der Waals surface area (Å²) < 4.78 is 1.77. The second-order valence-corrected chi connectivity index (χ2v) is 4.14. The Labute approximate surface area is 83.9 Å². The minimum atomic E-state index is -1.06. The summed E-state index contributed by atoms with van der Waals surface area (Å²) in [4.78, 5) is 14.6. The second kappa shape index (κ2) is 3.23. The molecule has 6 heteroatoms. The van der Waals surface area contributed by atoms with E-state index in [2.05, 4.69) is 4.98 Å². The summed E-state index contributed by atoms with van der Waals surface area (Å²) in [6, 6.07) is 0. The topological polar surface area (TPSA) is 55.1 Å². The average molecular weight is 219 g/mol. The van der Waals surface area contributed by atoms with Crippen LogP contribution in [0, 0.1) is 0 Å². The first-order valence-electron chi connectivity index (χ1n) is 3.76. The molecular weight excluding hydrogens is 212 g/mol. The fraction of sp³-hybridized carbons (Fsp3) is 0.429. The number of hydrogen-bond acceptors (Lipinski definition) is 3. The summed E-state index contributed by atoms with van der Waals surface area (Å²) >= 11 is 7.58. The Morgan fingerprint density at radius 1 is 1.69 bits per heavy atom. The van der Waals surface area contributed by atoms with Crippen molar-refractivity contribution in [3.8, 4) is 0 Å². The first-order chi connectivity index (χ1) is 6.20. The molecule has 1 aliphatic heterocycles. The number of carbonyl (C=O) groups is 1. The zero-order valence-corrected chi connectivity index (χ0v) is 8.23. The van der Waals surface area contributed by atoms with Crippen LogP contribution in [0.4, 0.5) is 0 Å². The number of carboxylic acids is 1. The zero-order chi connectivity index (χ0) is 9.42. The molecule has 1 aromatic rings. The van der Waals surface area contributed by atoms with Crippen LogP contribution in [-0.4, -0.2) is 26.4 Å². The lowest BCUT2D eigenvalue weighted by Crippen LogP contribution is -2.10. The highest BCUT2D eigenvalue weighted by molar-refractivity contribution is 7.98. The van der Waals surface area contributed by atoms with E-state index in [1.807, 2.05) is 0 Å². The average Bonchev–Trinajstić information content (AvgIpc) is 2.45. The lowest BCUT2D eigenvalue weighted by atomic mass is 10.5. The molecule has 0 aromatic carbocycles. The molecule has 0 aliphatic carbocycles. The largest absolute Gasteiger partial charge is 0.476 e. The van der Waals surface area contributed by atoms with Crippen LogP contribution >= 0.6 is 23.4 Å². The van der Waals surface area contributed by atoms with Crippen molar-refractivity contribution in [2.75, 3.05) is 5.75 Å². The van der Waals surface area contributed by atoms with E-state index >= 15 is 0 Å². The number of rotatable bonds is 1. The van der Waals surface area contributed by atoms with Gasteiger partial charge < -0.3 is 9.67 Å². The minimum absolute atomic E-state index is 0.0285. The summed E-state index contributed by atoms with van der Waals surface area (Å²) in [5.41, 5.74) is -0.0285. The quantitative estimate of drug-likeness (QED) is 0.776. The molecule has 2 heterocycles. The molecular formula is C7H7ClN2O2S. The van der Waals surface area contributed by atoms with E-state index in [4.69, 9.17) is 16.7 Å². The molecule has 1 N–H and O–H groups in total. The van der Waals surface area contributed by atoms with E-state index in [9.17, 15) is 4.79 Å². The van der Waals surface area contributed by atoms with Gasteiger partial charge in [0.05, 0.1) is 5.75 Å². The molecule has 0 saturated carbocycles. The molecule has 0 radical (unpaired) electrons. The number of hydrogen-bond donors (Lipinski definition) is 1. The van der Waals surface area contributed by atoms with Gasteiger partial charge in [-0.25, -0.2) is 9.78 Å². The Balaban J connectivity index is 2.50. The molecule has 0 spiro atoms. The van der Waals surface area contributed by atoms with Crippen molar-refractivity contribution in [1.82, 2.24) is 9.55 Å². The number of fused-ring (bicyclic) bond motifs is 1. The van der Waals surface area contributed by atoms with Gasteiger partial charge in [0.25, 0.3) is 0 Å². The number of aromatic nitrogens is 2. The number of thioether (sulfide) groups is 1. The van der Waals surface area contributed by atoms with Crippen molar-refractivity contribution >= 4 is 29.3 Å². The summed E-state index contributed by atoms with van der Waals surface area (Å²) in [7, 11) is 0. The van der Waals surface area contributed by atoms with Gasteiger partial charge in [0.2, 0.25) is 0 Å². The third kappa shape index (κ3) is 1.42. The molecule has 1 aliphatic rings. The van der Waals surface area contributed by atoms with Crippen LogP contribution in [0.15, 0.2) is 0 Å². The second-order valence-electron chi connectivity index (χ2n) is 2.68. The van der Waals surface area contributed by atoms with Gasteiger partial charge in [-0.05, 0) is 0 Å². The molecule has 1 aromatic heterocycles. The molecule has 70 valence electrons. The maximum absolute atomic E-state index is 10.7. The fourth-order valence-electron chi connectivity index (χ4n) is 1.27. The first kappa shape index (κ1) is 8.90. The van der Waals surface area contributed by atoms with Crippen LogP contribution in [0.1, 0.15) is 16.3 Å². The lowest BCUT2D eigenvalue weighted by molar-refractivity contribution is 0.0691. The van der Waals surface area contributed by atoms with Crippen molar-refractivity contribution in [3.63, 3.8) is 0 Å². The van der Waals surface area contributed by atoms with Gasteiger partial charge in [-0.3, -0.25) is 0 Å². The van der Waals surface area contributed by atoms with E-state index in [0.29, 0.717) is 0 Å². The summed E-state index contributed by atoms with van der Waals surface area (Å²) in [6.07, 6.45) is 0. The van der Waals surface area contributed by atoms with Crippen LogP contribution in [0.5, 0.6) is 0 Å². The number of aromatic carboxylic acids is 1. The van der Waals surface area contributed by atoms with Crippen LogP contribution in [0.25, 0.3) is 0 Å². The molecule has 0 atom stereocenters. The highest BCUT2D eigenvalue weighted by Crippen LogP contribution is 2.25. The van der Waals surface area contributed by atoms with Crippen LogP contribution < -0.4 is 0 Å². The Bertz CT molecular complexity index is 364. The van der Waals surface area contributed by atoms with Gasteiger partial charge in [-0.2, -0.15) is 11.8 Å². The summed E-state index contributed by atoms with van der Waals surface area (Å²) in [6.45, 7) is 0.749. The molecule has 0 amide bonds. The van der Waals surface area contributed by atoms with Gasteiger partial charge >= 0.3 is 5.97 Å². The van der Waals surface area contributed by atoms with E-state index in [-0.39, 0.29) is 10.8 Å². The maximum atomic E-state index is 10.7. The molecule has 13 heavy (non-hydrogen) atoms. The van der Waals surface area contributed by atoms with Crippen LogP contribution in [-0.2, 0) is 12.3 Å². The number of nitrogens with zero attached hydrogens (tertiary/aromatic N) is 2. The Hall–Kier alpha value is -0.680. The SMILES string of the molecule is O=C(O)c1nc2n(c1Cl)CCSC2. The maximum Gasteiger partial charge on any atom is 0.357 e. The van der Waals surface area contributed by atoms with Crippen molar-refractivity contribution in [2.45, 2.75) is 12.3 Å². The molecule has 0 fully saturated rings. The molecule has 2 rings (SSSR count). The van der Waals surface area contributed by atoms with Gasteiger partial charge in [0, 0.05) is 12.3 Å². The minimum Gasteiger partial charge on any atom is -0.476 e. The number of halogens is 1. The van der Waals surface area contributed by atoms with Crippen molar-refractivity contribution in [3.05, 3.63) is 16.7 Å². The van der Waals surface area contributed by atoms with Crippen LogP contribution in [0.3, 0.4) is 0 Å². The molecule has 0 saturated heterocycles. The van der Waals surface area contributed by atoms with E-state index in [1.54, 1.807) is 16.3 Å². The van der Waals surface area contributed by atoms with Gasteiger partial charge in [-0.15, -0.1) is 0 Å². The van der Waals surface area contributed by atoms with Crippen LogP contribution in [0.2, 0.25) is 5.15 Å². The number of imidazole rings is 1. The third-order valence-electron chi connectivity index (χ3n) is 1.88. The van der Waals surface area contributed by atoms with Gasteiger partial charge in [0.15, 0.2) is 5.69 Å². The lowest BCUT2D eigenvalue weighted by Gasteiger charge is -2.13. The smallest absolute Gasteiger partial charge is 0.357 e. The Kier molecular flexibility index (Phi) is 2.21. The summed E-state index contributed by atoms with van der Waals surface area (Å²) in [5.74, 6) is 1.41. The monoisotopic (exact) mass is 218 g/mol. The summed E-state index contributed by atoms with van der Waals surface area (Å²) in [5, 5.41) is 9.00. The standard InChI is InChI=1S/C7H7ClN2O2S/c8-6-5(7(11)12)9-4-3-13-2-1-10(4)6/h1-3H2,(H,11,12). The predicted molar refractivity (Wildman–Crippen MR) is 50.4 cm³/mol. The number of carboxylic acid groups (broad SMARTS) is 1. The van der Waals surface area contributed by atoms with E-state index in [0.717, 1.165) is 23.9 Å². The first-order valence-corrected chi connectivity index (χ1v) is 5.29. The van der Waals surface area contributed by atoms with Crippen molar-refractivity contribution in [2.24, 2.45) is 0 Å². The predicted octanol–water partition coefficient (Wildman–Crippen LogP) is 1.48. The van der Waals surface area contributed by atoms with Gasteiger partial charge in [0.1, 0.15) is 11.0 Å².